The number of carbonyl (C=O) groups excluding carboxylic acids is 1. The molecule has 2 aromatic heterocycles. The van der Waals surface area contributed by atoms with Crippen LogP contribution in [0.5, 0.6) is 0 Å². The second-order valence-electron chi connectivity index (χ2n) is 7.45. The van der Waals surface area contributed by atoms with Crippen molar-refractivity contribution in [3.8, 4) is 10.6 Å². The fourth-order valence-corrected chi connectivity index (χ4v) is 6.59. The highest BCUT2D eigenvalue weighted by molar-refractivity contribution is 7.91. The van der Waals surface area contributed by atoms with Crippen LogP contribution in [0.25, 0.3) is 10.6 Å². The summed E-state index contributed by atoms with van der Waals surface area (Å²) in [6, 6.07) is 15.0. The Balaban J connectivity index is 1.41. The molecule has 9 heteroatoms. The summed E-state index contributed by atoms with van der Waals surface area (Å²) in [6.45, 7) is 2.98. The molecule has 0 aliphatic carbocycles. The zero-order valence-electron chi connectivity index (χ0n) is 17.2. The average molecular weight is 461 g/mol. The predicted octanol–water partition coefficient (Wildman–Crippen LogP) is 4.22. The number of ether oxygens (including phenoxy) is 1. The predicted molar refractivity (Wildman–Crippen MR) is 117 cm³/mol. The minimum absolute atomic E-state index is 0.0649. The lowest BCUT2D eigenvalue weighted by Gasteiger charge is -2.30. The molecule has 1 aliphatic heterocycles. The van der Waals surface area contributed by atoms with E-state index in [0.29, 0.717) is 29.6 Å². The van der Waals surface area contributed by atoms with Crippen molar-refractivity contribution in [3.05, 3.63) is 59.8 Å². The Hall–Kier alpha value is -2.49. The first-order valence-electron chi connectivity index (χ1n) is 10.3. The smallest absolute Gasteiger partial charge is 0.360 e. The van der Waals surface area contributed by atoms with Crippen molar-refractivity contribution in [2.24, 2.45) is 5.92 Å². The number of hydrogen-bond donors (Lipinski definition) is 0. The molecule has 0 atom stereocenters. The molecular weight excluding hydrogens is 436 g/mol. The molecule has 0 bridgehead atoms. The van der Waals surface area contributed by atoms with Gasteiger partial charge in [0.2, 0.25) is 0 Å². The molecular formula is C22H24N2O5S2. The zero-order valence-corrected chi connectivity index (χ0v) is 18.8. The monoisotopic (exact) mass is 460 g/mol. The Kier molecular flexibility index (Phi) is 6.54. The van der Waals surface area contributed by atoms with E-state index in [1.165, 1.54) is 11.6 Å². The van der Waals surface area contributed by atoms with Gasteiger partial charge in [-0.3, -0.25) is 0 Å². The van der Waals surface area contributed by atoms with E-state index in [2.05, 4.69) is 17.3 Å². The molecule has 0 radical (unpaired) electrons. The largest absolute Gasteiger partial charge is 0.461 e. The molecule has 7 nitrogen and oxygen atoms in total. The quantitative estimate of drug-likeness (QED) is 0.490. The van der Waals surface area contributed by atoms with Crippen molar-refractivity contribution in [2.45, 2.75) is 30.4 Å². The number of thiophene rings is 1. The van der Waals surface area contributed by atoms with Gasteiger partial charge in [0.05, 0.1) is 11.5 Å². The standard InChI is InChI=1S/C22H24N2O5S2/c1-2-28-22(25)18-15-19(29-23-18)20-8-9-21(30-20)31(26,27)24-12-10-17(11-13-24)14-16-6-4-3-5-7-16/h3-9,15,17H,2,10-14H2,1H3. The summed E-state index contributed by atoms with van der Waals surface area (Å²) in [5.41, 5.74) is 1.36. The van der Waals surface area contributed by atoms with Crippen LogP contribution in [-0.4, -0.2) is 43.5 Å². The van der Waals surface area contributed by atoms with E-state index in [4.69, 9.17) is 9.26 Å². The molecule has 4 rings (SSSR count). The SMILES string of the molecule is CCOC(=O)c1cc(-c2ccc(S(=O)(=O)N3CCC(Cc4ccccc4)CC3)s2)on1. The maximum atomic E-state index is 13.1. The summed E-state index contributed by atoms with van der Waals surface area (Å²) in [7, 11) is -3.57. The molecule has 3 heterocycles. The summed E-state index contributed by atoms with van der Waals surface area (Å²) in [4.78, 5) is 12.4. The minimum Gasteiger partial charge on any atom is -0.461 e. The maximum Gasteiger partial charge on any atom is 0.360 e. The highest BCUT2D eigenvalue weighted by Gasteiger charge is 2.31. The normalized spacial score (nSPS) is 15.8. The topological polar surface area (TPSA) is 89.7 Å². The van der Waals surface area contributed by atoms with Crippen LogP contribution in [0.1, 0.15) is 35.8 Å². The highest BCUT2D eigenvalue weighted by atomic mass is 32.2. The van der Waals surface area contributed by atoms with Crippen LogP contribution >= 0.6 is 11.3 Å². The van der Waals surface area contributed by atoms with Crippen LogP contribution in [0, 0.1) is 5.92 Å². The van der Waals surface area contributed by atoms with Crippen LogP contribution in [0.3, 0.4) is 0 Å². The lowest BCUT2D eigenvalue weighted by molar-refractivity contribution is 0.0514. The third kappa shape index (κ3) is 4.89. The molecule has 1 fully saturated rings. The summed E-state index contributed by atoms with van der Waals surface area (Å²) in [5.74, 6) is 0.264. The van der Waals surface area contributed by atoms with Crippen LogP contribution in [0.2, 0.25) is 0 Å². The molecule has 0 N–H and O–H groups in total. The Morgan fingerprint density at radius 3 is 2.65 bits per heavy atom. The summed E-state index contributed by atoms with van der Waals surface area (Å²) in [6.07, 6.45) is 2.67. The molecule has 164 valence electrons. The Labute approximate surface area is 185 Å². The van der Waals surface area contributed by atoms with E-state index in [9.17, 15) is 13.2 Å². The first-order chi connectivity index (χ1) is 15.0. The number of benzene rings is 1. The van der Waals surface area contributed by atoms with Crippen LogP contribution in [0.15, 0.2) is 57.3 Å². The van der Waals surface area contributed by atoms with Crippen molar-refractivity contribution in [1.82, 2.24) is 9.46 Å². The minimum atomic E-state index is -3.57. The van der Waals surface area contributed by atoms with Crippen molar-refractivity contribution >= 4 is 27.3 Å². The van der Waals surface area contributed by atoms with Crippen LogP contribution in [0.4, 0.5) is 0 Å². The Bertz CT molecular complexity index is 1130. The second-order valence-corrected chi connectivity index (χ2v) is 10.7. The van der Waals surface area contributed by atoms with Crippen molar-refractivity contribution in [2.75, 3.05) is 19.7 Å². The molecule has 0 unspecified atom stereocenters. The summed E-state index contributed by atoms with van der Waals surface area (Å²) < 4.78 is 38.2. The van der Waals surface area contributed by atoms with E-state index in [1.807, 2.05) is 18.2 Å². The number of piperidine rings is 1. The average Bonchev–Trinajstić information content (AvgIpc) is 3.45. The Morgan fingerprint density at radius 1 is 1.19 bits per heavy atom. The number of hydrogen-bond acceptors (Lipinski definition) is 7. The van der Waals surface area contributed by atoms with E-state index in [-0.39, 0.29) is 16.5 Å². The Morgan fingerprint density at radius 2 is 1.94 bits per heavy atom. The molecule has 1 aromatic carbocycles. The first kappa shape index (κ1) is 21.7. The number of esters is 1. The molecule has 31 heavy (non-hydrogen) atoms. The number of sulfonamides is 1. The van der Waals surface area contributed by atoms with E-state index >= 15 is 0 Å². The van der Waals surface area contributed by atoms with E-state index < -0.39 is 16.0 Å². The van der Waals surface area contributed by atoms with Gasteiger partial charge in [-0.15, -0.1) is 11.3 Å². The number of nitrogens with zero attached hydrogens (tertiary/aromatic N) is 2. The molecule has 1 saturated heterocycles. The third-order valence-electron chi connectivity index (χ3n) is 5.35. The van der Waals surface area contributed by atoms with Crippen molar-refractivity contribution < 1.29 is 22.5 Å². The van der Waals surface area contributed by atoms with Crippen molar-refractivity contribution in [3.63, 3.8) is 0 Å². The highest BCUT2D eigenvalue weighted by Crippen LogP contribution is 2.34. The second kappa shape index (κ2) is 9.33. The lowest BCUT2D eigenvalue weighted by Crippen LogP contribution is -2.38. The van der Waals surface area contributed by atoms with Gasteiger partial charge in [0.15, 0.2) is 11.5 Å². The van der Waals surface area contributed by atoms with Crippen LogP contribution in [-0.2, 0) is 21.2 Å². The fourth-order valence-electron chi connectivity index (χ4n) is 3.71. The maximum absolute atomic E-state index is 13.1. The molecule has 0 saturated carbocycles. The summed E-state index contributed by atoms with van der Waals surface area (Å²) >= 11 is 1.11. The van der Waals surface area contributed by atoms with Gasteiger partial charge in [-0.05, 0) is 49.8 Å². The third-order valence-corrected chi connectivity index (χ3v) is 8.82. The van der Waals surface area contributed by atoms with Gasteiger partial charge in [-0.25, -0.2) is 13.2 Å². The number of carbonyl (C=O) groups is 1. The molecule has 0 spiro atoms. The van der Waals surface area contributed by atoms with Gasteiger partial charge >= 0.3 is 5.97 Å². The van der Waals surface area contributed by atoms with Gasteiger partial charge in [0.25, 0.3) is 10.0 Å². The lowest BCUT2D eigenvalue weighted by atomic mass is 9.91. The molecule has 0 amide bonds. The number of aromatic nitrogens is 1. The van der Waals surface area contributed by atoms with Gasteiger partial charge in [0.1, 0.15) is 4.21 Å². The van der Waals surface area contributed by atoms with Gasteiger partial charge < -0.3 is 9.26 Å². The van der Waals surface area contributed by atoms with Gasteiger partial charge in [-0.1, -0.05) is 35.5 Å². The number of rotatable bonds is 7. The molecule has 3 aromatic rings. The molecule has 1 aliphatic rings. The fraction of sp³-hybridized carbons (Fsp3) is 0.364. The van der Waals surface area contributed by atoms with Gasteiger partial charge in [-0.2, -0.15) is 4.31 Å². The summed E-state index contributed by atoms with van der Waals surface area (Å²) in [5, 5.41) is 3.71. The van der Waals surface area contributed by atoms with Crippen LogP contribution < -0.4 is 0 Å². The van der Waals surface area contributed by atoms with E-state index in [1.54, 1.807) is 23.4 Å². The van der Waals surface area contributed by atoms with Gasteiger partial charge in [0, 0.05) is 19.2 Å². The first-order valence-corrected chi connectivity index (χ1v) is 12.5. The van der Waals surface area contributed by atoms with Crippen molar-refractivity contribution in [1.29, 1.82) is 0 Å². The van der Waals surface area contributed by atoms with E-state index in [0.717, 1.165) is 30.6 Å². The zero-order chi connectivity index (χ0) is 21.8.